The Kier molecular flexibility index (Phi) is 51.2. The van der Waals surface area contributed by atoms with Crippen LogP contribution in [-0.2, 0) is 4.79 Å². The summed E-state index contributed by atoms with van der Waals surface area (Å²) in [6, 6.07) is 1.55. The van der Waals surface area contributed by atoms with E-state index in [0.29, 0.717) is 0 Å². The van der Waals surface area contributed by atoms with Crippen molar-refractivity contribution in [1.82, 2.24) is 0 Å². The summed E-state index contributed by atoms with van der Waals surface area (Å²) in [4.78, 5) is 10.2. The first-order chi connectivity index (χ1) is 4.09. The van der Waals surface area contributed by atoms with Crippen molar-refractivity contribution < 1.29 is 83.2 Å². The van der Waals surface area contributed by atoms with E-state index in [1.807, 2.05) is 0 Å². The fourth-order valence-electron chi connectivity index (χ4n) is 0.215. The minimum atomic E-state index is -0.808. The molecule has 76 valence electrons. The van der Waals surface area contributed by atoms with Gasteiger partial charge in [0.25, 0.3) is 5.91 Å². The molecule has 0 heterocycles. The Morgan fingerprint density at radius 2 is 1.50 bits per heavy atom. The molecule has 0 radical (unpaired) electrons. The Hall–Kier alpha value is 1.28. The van der Waals surface area contributed by atoms with Crippen molar-refractivity contribution in [3.8, 4) is 6.07 Å². The van der Waals surface area contributed by atoms with Crippen molar-refractivity contribution in [2.75, 3.05) is 0 Å². The van der Waals surface area contributed by atoms with Gasteiger partial charge in [-0.3, -0.25) is 4.79 Å². The van der Waals surface area contributed by atoms with E-state index in [1.165, 1.54) is 0 Å². The van der Waals surface area contributed by atoms with Gasteiger partial charge in [0.1, 0.15) is 11.6 Å². The number of hydrogen-bond donors (Lipinski definition) is 3. The first kappa shape index (κ1) is 36.2. The second-order valence-corrected chi connectivity index (χ2v) is 2.42. The van der Waals surface area contributed by atoms with Crippen LogP contribution in [0.3, 0.4) is 0 Å². The van der Waals surface area contributed by atoms with Crippen molar-refractivity contribution >= 4 is 31.2 Å². The predicted octanol–water partition coefficient (Wildman–Crippen LogP) is -8.17. The van der Waals surface area contributed by atoms with E-state index in [-0.39, 0.29) is 88.2 Å². The summed E-state index contributed by atoms with van der Waals surface area (Å²) in [5, 5.41) is 8.16. The summed E-state index contributed by atoms with van der Waals surface area (Å²) >= 11 is 7.27. The predicted molar refractivity (Wildman–Crippen MR) is 52.9 cm³/mol. The van der Waals surface area contributed by atoms with Crippen LogP contribution in [0.1, 0.15) is 2.85 Å². The molecule has 0 aliphatic carbocycles. The van der Waals surface area contributed by atoms with E-state index in [1.54, 1.807) is 6.07 Å². The van der Waals surface area contributed by atoms with Gasteiger partial charge in [0.05, 0.1) is 4.24 Å². The van der Waals surface area contributed by atoms with Gasteiger partial charge in [-0.15, -0.1) is 25.3 Å². The number of carbonyl (C=O) groups is 1. The molecule has 0 aromatic carbocycles. The van der Waals surface area contributed by atoms with Crippen molar-refractivity contribution in [3.05, 3.63) is 9.81 Å². The van der Waals surface area contributed by atoms with Gasteiger partial charge in [0.15, 0.2) is 0 Å². The molecule has 0 bridgehead atoms. The Labute approximate surface area is 140 Å². The standard InChI is InChI=1S/C4H4N2OS2.2Na.3H2O.2H/c5-1-2(3(6)7)4(8)9;;;;;;;/h8-9H,(H2,6,7);;;3*1H2;;/q;2*+1;;;;2*-1. The normalized spacial score (nSPS) is 4.93. The van der Waals surface area contributed by atoms with Crippen LogP contribution >= 0.6 is 25.3 Å². The largest absolute Gasteiger partial charge is 1.00 e. The van der Waals surface area contributed by atoms with Crippen molar-refractivity contribution in [3.63, 3.8) is 0 Å². The second-order valence-electron chi connectivity index (χ2n) is 1.17. The number of hydrogen-bond acceptors (Lipinski definition) is 4. The average molecular weight is 262 g/mol. The summed E-state index contributed by atoms with van der Waals surface area (Å²) in [5.41, 5.74) is 4.51. The number of nitrogens with two attached hydrogens (primary N) is 1. The number of rotatable bonds is 1. The molecule has 0 aliphatic rings. The molecule has 0 saturated heterocycles. The summed E-state index contributed by atoms with van der Waals surface area (Å²) in [7, 11) is 0. The zero-order valence-corrected chi connectivity index (χ0v) is 13.6. The Balaban J connectivity index is -0.0000000152. The van der Waals surface area contributed by atoms with Gasteiger partial charge >= 0.3 is 59.1 Å². The first-order valence-corrected chi connectivity index (χ1v) is 2.81. The zero-order chi connectivity index (χ0) is 7.44. The van der Waals surface area contributed by atoms with Gasteiger partial charge in [0.2, 0.25) is 0 Å². The Bertz CT molecular complexity index is 223. The summed E-state index contributed by atoms with van der Waals surface area (Å²) in [6.45, 7) is 0. The SMILES string of the molecule is N#CC(C(N)=O)=C(S)S.O.O.O.[H-].[H-].[Na+].[Na+]. The molecular formula is C4H12N2Na2O4S2. The van der Waals surface area contributed by atoms with Crippen molar-refractivity contribution in [1.29, 1.82) is 5.26 Å². The van der Waals surface area contributed by atoms with Crippen LogP contribution in [0.15, 0.2) is 9.81 Å². The molecular weight excluding hydrogens is 250 g/mol. The third-order valence-corrected chi connectivity index (χ3v) is 1.03. The molecule has 10 heteroatoms. The summed E-state index contributed by atoms with van der Waals surface area (Å²) in [6.07, 6.45) is 0. The second kappa shape index (κ2) is 19.8. The minimum absolute atomic E-state index is 0. The van der Waals surface area contributed by atoms with Crippen molar-refractivity contribution in [2.24, 2.45) is 5.73 Å². The number of thiol groups is 2. The molecule has 0 unspecified atom stereocenters. The molecule has 0 fully saturated rings. The third kappa shape index (κ3) is 15.7. The van der Waals surface area contributed by atoms with E-state index < -0.39 is 5.91 Å². The fourth-order valence-corrected chi connectivity index (χ4v) is 0.536. The molecule has 1 amide bonds. The maximum absolute atomic E-state index is 10.2. The monoisotopic (exact) mass is 262 g/mol. The molecule has 14 heavy (non-hydrogen) atoms. The molecule has 6 nitrogen and oxygen atoms in total. The molecule has 0 atom stereocenters. The quantitative estimate of drug-likeness (QED) is 0.185. The number of amides is 1. The fraction of sp³-hybridized carbons (Fsp3) is 0. The van der Waals surface area contributed by atoms with Crippen LogP contribution in [0.4, 0.5) is 0 Å². The Morgan fingerprint density at radius 1 is 1.21 bits per heavy atom. The average Bonchev–Trinajstić information content (AvgIpc) is 1.64. The van der Waals surface area contributed by atoms with E-state index in [2.05, 4.69) is 25.3 Å². The topological polar surface area (TPSA) is 161 Å². The summed E-state index contributed by atoms with van der Waals surface area (Å²) in [5.74, 6) is -0.808. The molecule has 0 saturated carbocycles. The molecule has 0 aliphatic heterocycles. The van der Waals surface area contributed by atoms with Crippen LogP contribution in [0, 0.1) is 11.3 Å². The first-order valence-electron chi connectivity index (χ1n) is 1.91. The number of carbonyl (C=O) groups excluding carboxylic acids is 1. The smallest absolute Gasteiger partial charge is 1.00 e. The molecule has 8 N–H and O–H groups in total. The van der Waals surface area contributed by atoms with Crippen LogP contribution in [0.25, 0.3) is 0 Å². The zero-order valence-electron chi connectivity index (χ0n) is 9.83. The maximum Gasteiger partial charge on any atom is 1.00 e. The van der Waals surface area contributed by atoms with E-state index in [0.717, 1.165) is 0 Å². The maximum atomic E-state index is 10.2. The van der Waals surface area contributed by atoms with E-state index in [9.17, 15) is 4.79 Å². The van der Waals surface area contributed by atoms with Gasteiger partial charge in [-0.25, -0.2) is 0 Å². The number of nitriles is 1. The Morgan fingerprint density at radius 3 is 1.50 bits per heavy atom. The van der Waals surface area contributed by atoms with Gasteiger partial charge < -0.3 is 25.0 Å². The van der Waals surface area contributed by atoms with Gasteiger partial charge in [-0.1, -0.05) is 0 Å². The molecule has 0 aromatic heterocycles. The van der Waals surface area contributed by atoms with Gasteiger partial charge in [-0.2, -0.15) is 5.26 Å². The number of nitrogens with zero attached hydrogens (tertiary/aromatic N) is 1. The van der Waals surface area contributed by atoms with E-state index in [4.69, 9.17) is 11.0 Å². The van der Waals surface area contributed by atoms with E-state index >= 15 is 0 Å². The van der Waals surface area contributed by atoms with Crippen LogP contribution in [-0.4, -0.2) is 22.3 Å². The molecule has 0 aromatic rings. The summed E-state index contributed by atoms with van der Waals surface area (Å²) < 4.78 is 0.0463. The minimum Gasteiger partial charge on any atom is -1.00 e. The molecule has 0 rings (SSSR count). The third-order valence-electron chi connectivity index (χ3n) is 0.582. The van der Waals surface area contributed by atoms with Crippen molar-refractivity contribution in [2.45, 2.75) is 0 Å². The van der Waals surface area contributed by atoms with Crippen LogP contribution in [0.5, 0.6) is 0 Å². The molecule has 0 spiro atoms. The van der Waals surface area contributed by atoms with Crippen LogP contribution < -0.4 is 64.8 Å². The van der Waals surface area contributed by atoms with Gasteiger partial charge in [-0.05, 0) is 0 Å². The van der Waals surface area contributed by atoms with Crippen LogP contribution in [0.2, 0.25) is 0 Å². The number of primary amides is 1. The van der Waals surface area contributed by atoms with Gasteiger partial charge in [0, 0.05) is 0 Å².